The van der Waals surface area contributed by atoms with Gasteiger partial charge in [-0.1, -0.05) is 20.8 Å². The van der Waals surface area contributed by atoms with Gasteiger partial charge in [-0.25, -0.2) is 0 Å². The molecule has 1 aliphatic heterocycles. The van der Waals surface area contributed by atoms with Gasteiger partial charge >= 0.3 is 5.97 Å². The number of rotatable bonds is 9. The first-order chi connectivity index (χ1) is 9.79. The van der Waals surface area contributed by atoms with Gasteiger partial charge in [0.2, 0.25) is 0 Å². The van der Waals surface area contributed by atoms with Crippen molar-refractivity contribution in [3.05, 3.63) is 0 Å². The van der Waals surface area contributed by atoms with E-state index in [9.17, 15) is 9.90 Å². The molecule has 1 rings (SSSR count). The molecule has 1 aliphatic rings. The number of aliphatic carboxylic acids is 1. The van der Waals surface area contributed by atoms with Gasteiger partial charge in [0.25, 0.3) is 0 Å². The molecule has 21 heavy (non-hydrogen) atoms. The van der Waals surface area contributed by atoms with Crippen molar-refractivity contribution in [3.8, 4) is 0 Å². The van der Waals surface area contributed by atoms with E-state index in [-0.39, 0.29) is 0 Å². The van der Waals surface area contributed by atoms with Crippen LogP contribution in [-0.2, 0) is 4.79 Å². The van der Waals surface area contributed by atoms with E-state index in [1.54, 1.807) is 0 Å². The fourth-order valence-electron chi connectivity index (χ4n) is 2.87. The van der Waals surface area contributed by atoms with Crippen molar-refractivity contribution < 1.29 is 9.90 Å². The molecule has 0 aliphatic carbocycles. The number of hydrogen-bond acceptors (Lipinski definition) is 3. The summed E-state index contributed by atoms with van der Waals surface area (Å²) in [6, 6.07) is 0. The number of carboxylic acids is 1. The van der Waals surface area contributed by atoms with Crippen LogP contribution in [0.2, 0.25) is 0 Å². The van der Waals surface area contributed by atoms with Crippen molar-refractivity contribution in [1.29, 1.82) is 0 Å². The third kappa shape index (κ3) is 6.35. The predicted octanol–water partition coefficient (Wildman–Crippen LogP) is 3.12. The summed E-state index contributed by atoms with van der Waals surface area (Å²) in [6.45, 7) is 12.8. The minimum Gasteiger partial charge on any atom is -0.480 e. The van der Waals surface area contributed by atoms with Crippen LogP contribution in [0.25, 0.3) is 0 Å². The largest absolute Gasteiger partial charge is 0.480 e. The molecule has 124 valence electrons. The van der Waals surface area contributed by atoms with Crippen LogP contribution in [0.15, 0.2) is 0 Å². The minimum atomic E-state index is -0.764. The van der Waals surface area contributed by atoms with Crippen molar-refractivity contribution in [3.63, 3.8) is 0 Å². The Morgan fingerprint density at radius 1 is 1.29 bits per heavy atom. The van der Waals surface area contributed by atoms with E-state index in [0.29, 0.717) is 11.8 Å². The van der Waals surface area contributed by atoms with Crippen molar-refractivity contribution in [2.24, 2.45) is 5.41 Å². The number of carbonyl (C=O) groups is 1. The molecule has 0 amide bonds. The van der Waals surface area contributed by atoms with Gasteiger partial charge in [-0.2, -0.15) is 0 Å². The summed E-state index contributed by atoms with van der Waals surface area (Å²) in [5.41, 5.74) is -0.262. The van der Waals surface area contributed by atoms with Crippen molar-refractivity contribution in [2.75, 3.05) is 26.2 Å². The van der Waals surface area contributed by atoms with E-state index in [1.807, 2.05) is 6.92 Å². The van der Waals surface area contributed by atoms with Crippen molar-refractivity contribution >= 4 is 5.97 Å². The molecule has 0 bridgehead atoms. The third-order valence-electron chi connectivity index (χ3n) is 4.85. The Bertz CT molecular complexity index is 321. The lowest BCUT2D eigenvalue weighted by molar-refractivity contribution is -0.144. The van der Waals surface area contributed by atoms with Gasteiger partial charge in [0.05, 0.1) is 0 Å². The summed E-state index contributed by atoms with van der Waals surface area (Å²) in [5.74, 6) is -0.726. The van der Waals surface area contributed by atoms with Crippen LogP contribution in [0.1, 0.15) is 66.2 Å². The maximum Gasteiger partial charge on any atom is 0.323 e. The molecule has 4 heteroatoms. The van der Waals surface area contributed by atoms with Crippen LogP contribution < -0.4 is 5.32 Å². The molecule has 0 aromatic rings. The number of likely N-dealkylation sites (tertiary alicyclic amines) is 1. The second-order valence-corrected chi connectivity index (χ2v) is 7.53. The maximum atomic E-state index is 11.4. The highest BCUT2D eigenvalue weighted by atomic mass is 16.4. The van der Waals surface area contributed by atoms with Gasteiger partial charge in [-0.3, -0.25) is 4.79 Å². The Labute approximate surface area is 130 Å². The molecule has 1 saturated heterocycles. The Morgan fingerprint density at radius 2 is 1.90 bits per heavy atom. The SMILES string of the molecule is CCCNC(C)(CCCCN1CCC(C)(C)CC1)C(=O)O. The van der Waals surface area contributed by atoms with E-state index in [0.717, 1.165) is 32.4 Å². The summed E-state index contributed by atoms with van der Waals surface area (Å²) < 4.78 is 0. The first-order valence-corrected chi connectivity index (χ1v) is 8.50. The number of unbranched alkanes of at least 4 members (excludes halogenated alkanes) is 1. The topological polar surface area (TPSA) is 52.6 Å². The first-order valence-electron chi connectivity index (χ1n) is 8.50. The van der Waals surface area contributed by atoms with Crippen LogP contribution in [0.5, 0.6) is 0 Å². The Morgan fingerprint density at radius 3 is 2.43 bits per heavy atom. The van der Waals surface area contributed by atoms with E-state index < -0.39 is 11.5 Å². The summed E-state index contributed by atoms with van der Waals surface area (Å²) in [4.78, 5) is 14.0. The first kappa shape index (κ1) is 18.4. The predicted molar refractivity (Wildman–Crippen MR) is 87.6 cm³/mol. The molecular weight excluding hydrogens is 264 g/mol. The molecule has 0 aromatic carbocycles. The molecule has 0 aromatic heterocycles. The third-order valence-corrected chi connectivity index (χ3v) is 4.85. The zero-order valence-corrected chi connectivity index (χ0v) is 14.4. The Hall–Kier alpha value is -0.610. The molecule has 0 spiro atoms. The average molecular weight is 298 g/mol. The zero-order valence-electron chi connectivity index (χ0n) is 14.4. The lowest BCUT2D eigenvalue weighted by atomic mass is 9.82. The van der Waals surface area contributed by atoms with E-state index in [1.165, 1.54) is 25.9 Å². The molecule has 4 nitrogen and oxygen atoms in total. The second kappa shape index (κ2) is 8.14. The number of carboxylic acid groups (broad SMARTS) is 1. The summed E-state index contributed by atoms with van der Waals surface area (Å²) in [5, 5.41) is 12.6. The number of piperidine rings is 1. The van der Waals surface area contributed by atoms with Crippen LogP contribution in [0.3, 0.4) is 0 Å². The minimum absolute atomic E-state index is 0.502. The Balaban J connectivity index is 2.24. The monoisotopic (exact) mass is 298 g/mol. The molecular formula is C17H34N2O2. The van der Waals surface area contributed by atoms with Gasteiger partial charge < -0.3 is 15.3 Å². The maximum absolute atomic E-state index is 11.4. The molecule has 1 fully saturated rings. The van der Waals surface area contributed by atoms with Gasteiger partial charge in [0, 0.05) is 0 Å². The quantitative estimate of drug-likeness (QED) is 0.642. The lowest BCUT2D eigenvalue weighted by Gasteiger charge is -2.37. The zero-order chi connectivity index (χ0) is 15.9. The van der Waals surface area contributed by atoms with Gasteiger partial charge in [-0.05, 0) is 77.0 Å². The number of nitrogens with zero attached hydrogens (tertiary/aromatic N) is 1. The Kier molecular flexibility index (Phi) is 7.14. The summed E-state index contributed by atoms with van der Waals surface area (Å²) >= 11 is 0. The molecule has 2 N–H and O–H groups in total. The summed E-state index contributed by atoms with van der Waals surface area (Å²) in [7, 11) is 0. The highest BCUT2D eigenvalue weighted by molar-refractivity contribution is 5.78. The van der Waals surface area contributed by atoms with Crippen molar-refractivity contribution in [2.45, 2.75) is 71.8 Å². The number of hydrogen-bond donors (Lipinski definition) is 2. The highest BCUT2D eigenvalue weighted by Gasteiger charge is 2.31. The lowest BCUT2D eigenvalue weighted by Crippen LogP contribution is -2.49. The van der Waals surface area contributed by atoms with Gasteiger partial charge in [0.1, 0.15) is 5.54 Å². The highest BCUT2D eigenvalue weighted by Crippen LogP contribution is 2.29. The normalized spacial score (nSPS) is 21.9. The molecule has 1 heterocycles. The van der Waals surface area contributed by atoms with Gasteiger partial charge in [0.15, 0.2) is 0 Å². The van der Waals surface area contributed by atoms with Crippen LogP contribution in [0.4, 0.5) is 0 Å². The fourth-order valence-corrected chi connectivity index (χ4v) is 2.87. The van der Waals surface area contributed by atoms with Crippen molar-refractivity contribution in [1.82, 2.24) is 10.2 Å². The molecule has 1 atom stereocenters. The number of nitrogens with one attached hydrogen (secondary N) is 1. The molecule has 0 radical (unpaired) electrons. The van der Waals surface area contributed by atoms with Crippen LogP contribution in [0, 0.1) is 5.41 Å². The van der Waals surface area contributed by atoms with Crippen LogP contribution in [-0.4, -0.2) is 47.7 Å². The average Bonchev–Trinajstić information content (AvgIpc) is 2.42. The van der Waals surface area contributed by atoms with E-state index in [4.69, 9.17) is 0 Å². The molecule has 0 saturated carbocycles. The standard InChI is InChI=1S/C17H34N2O2/c1-5-11-18-17(4,15(20)21)8-6-7-12-19-13-9-16(2,3)10-14-19/h18H,5-14H2,1-4H3,(H,20,21). The molecule has 1 unspecified atom stereocenters. The second-order valence-electron chi connectivity index (χ2n) is 7.53. The fraction of sp³-hybridized carbons (Fsp3) is 0.941. The van der Waals surface area contributed by atoms with Gasteiger partial charge in [-0.15, -0.1) is 0 Å². The van der Waals surface area contributed by atoms with Crippen LogP contribution >= 0.6 is 0 Å². The summed E-state index contributed by atoms with van der Waals surface area (Å²) in [6.07, 6.45) is 6.29. The van der Waals surface area contributed by atoms with E-state index >= 15 is 0 Å². The van der Waals surface area contributed by atoms with E-state index in [2.05, 4.69) is 31.0 Å². The smallest absolute Gasteiger partial charge is 0.323 e.